The smallest absolute Gasteiger partial charge is 0.188 e. The number of hydrogen-bond donors (Lipinski definition) is 2. The summed E-state index contributed by atoms with van der Waals surface area (Å²) in [6.45, 7) is 6.75. The summed E-state index contributed by atoms with van der Waals surface area (Å²) in [6.07, 6.45) is 1.97. The SMILES string of the molecule is CCC(C)N(C)CCN=C(N)NCCc1ccc(OC)c(OC)c1. The number of likely N-dealkylation sites (N-methyl/N-ethyl adjacent to an activating group) is 1. The van der Waals surface area contributed by atoms with Crippen molar-refractivity contribution in [2.24, 2.45) is 10.7 Å². The monoisotopic (exact) mass is 336 g/mol. The molecule has 6 nitrogen and oxygen atoms in total. The van der Waals surface area contributed by atoms with E-state index in [0.29, 0.717) is 18.5 Å². The van der Waals surface area contributed by atoms with E-state index in [-0.39, 0.29) is 0 Å². The number of benzene rings is 1. The molecular formula is C18H32N4O2. The van der Waals surface area contributed by atoms with E-state index in [2.05, 4.69) is 36.1 Å². The molecule has 0 aromatic heterocycles. The molecule has 0 amide bonds. The van der Waals surface area contributed by atoms with Gasteiger partial charge in [-0.3, -0.25) is 4.99 Å². The number of ether oxygens (including phenoxy) is 2. The lowest BCUT2D eigenvalue weighted by Gasteiger charge is -2.22. The normalized spacial score (nSPS) is 13.0. The lowest BCUT2D eigenvalue weighted by Crippen LogP contribution is -2.35. The lowest BCUT2D eigenvalue weighted by molar-refractivity contribution is 0.259. The molecule has 0 saturated carbocycles. The van der Waals surface area contributed by atoms with Gasteiger partial charge in [-0.25, -0.2) is 0 Å². The maximum atomic E-state index is 5.91. The molecule has 1 rings (SSSR count). The molecule has 1 unspecified atom stereocenters. The highest BCUT2D eigenvalue weighted by Gasteiger charge is 2.06. The molecule has 1 aromatic rings. The van der Waals surface area contributed by atoms with Crippen molar-refractivity contribution in [3.05, 3.63) is 23.8 Å². The number of nitrogens with zero attached hydrogens (tertiary/aromatic N) is 2. The third-order valence-electron chi connectivity index (χ3n) is 4.25. The van der Waals surface area contributed by atoms with Crippen LogP contribution in [0.5, 0.6) is 11.5 Å². The maximum Gasteiger partial charge on any atom is 0.188 e. The first-order chi connectivity index (χ1) is 11.5. The lowest BCUT2D eigenvalue weighted by atomic mass is 10.1. The van der Waals surface area contributed by atoms with Gasteiger partial charge in [0.05, 0.1) is 20.8 Å². The van der Waals surface area contributed by atoms with Gasteiger partial charge in [0.15, 0.2) is 17.5 Å². The zero-order valence-electron chi connectivity index (χ0n) is 15.6. The zero-order chi connectivity index (χ0) is 17.9. The molecule has 6 heteroatoms. The van der Waals surface area contributed by atoms with Crippen LogP contribution in [0.4, 0.5) is 0 Å². The highest BCUT2D eigenvalue weighted by atomic mass is 16.5. The van der Waals surface area contributed by atoms with Crippen molar-refractivity contribution in [2.75, 3.05) is 40.9 Å². The third kappa shape index (κ3) is 6.66. The van der Waals surface area contributed by atoms with Crippen molar-refractivity contribution < 1.29 is 9.47 Å². The van der Waals surface area contributed by atoms with Gasteiger partial charge in [0.1, 0.15) is 0 Å². The number of guanidine groups is 1. The summed E-state index contributed by atoms with van der Waals surface area (Å²) < 4.78 is 10.5. The molecule has 3 N–H and O–H groups in total. The first-order valence-electron chi connectivity index (χ1n) is 8.46. The molecule has 0 spiro atoms. The average Bonchev–Trinajstić information content (AvgIpc) is 2.60. The fourth-order valence-electron chi connectivity index (χ4n) is 2.29. The predicted octanol–water partition coefficient (Wildman–Crippen LogP) is 1.88. The molecule has 0 radical (unpaired) electrons. The van der Waals surface area contributed by atoms with Gasteiger partial charge in [0.2, 0.25) is 0 Å². The first kappa shape index (κ1) is 20.1. The van der Waals surface area contributed by atoms with Gasteiger partial charge >= 0.3 is 0 Å². The van der Waals surface area contributed by atoms with E-state index in [9.17, 15) is 0 Å². The summed E-state index contributed by atoms with van der Waals surface area (Å²) in [5, 5.41) is 3.15. The molecular weight excluding hydrogens is 304 g/mol. The summed E-state index contributed by atoms with van der Waals surface area (Å²) in [6, 6.07) is 6.49. The van der Waals surface area contributed by atoms with Crippen LogP contribution in [0.3, 0.4) is 0 Å². The number of nitrogens with two attached hydrogens (primary N) is 1. The van der Waals surface area contributed by atoms with Crippen molar-refractivity contribution in [3.8, 4) is 11.5 Å². The summed E-state index contributed by atoms with van der Waals surface area (Å²) in [7, 11) is 5.39. The topological polar surface area (TPSA) is 72.1 Å². The van der Waals surface area contributed by atoms with E-state index in [1.54, 1.807) is 14.2 Å². The Hall–Kier alpha value is -1.95. The quantitative estimate of drug-likeness (QED) is 0.504. The fraction of sp³-hybridized carbons (Fsp3) is 0.611. The minimum atomic E-state index is 0.494. The Balaban J connectivity index is 2.37. The van der Waals surface area contributed by atoms with Gasteiger partial charge in [0.25, 0.3) is 0 Å². The van der Waals surface area contributed by atoms with Crippen LogP contribution in [0.25, 0.3) is 0 Å². The average molecular weight is 336 g/mol. The predicted molar refractivity (Wildman–Crippen MR) is 100 cm³/mol. The van der Waals surface area contributed by atoms with E-state index in [4.69, 9.17) is 15.2 Å². The molecule has 0 heterocycles. The Morgan fingerprint density at radius 2 is 2.00 bits per heavy atom. The standard InChI is InChI=1S/C18H32N4O2/c1-6-14(2)22(3)12-11-21-18(19)20-10-9-15-7-8-16(23-4)17(13-15)24-5/h7-8,13-14H,6,9-12H2,1-5H3,(H3,19,20,21). The van der Waals surface area contributed by atoms with Gasteiger partial charge in [-0.2, -0.15) is 0 Å². The van der Waals surface area contributed by atoms with Crippen LogP contribution in [-0.2, 0) is 6.42 Å². The van der Waals surface area contributed by atoms with Crippen LogP contribution >= 0.6 is 0 Å². The minimum absolute atomic E-state index is 0.494. The Bertz CT molecular complexity index is 520. The molecule has 0 aliphatic heterocycles. The summed E-state index contributed by atoms with van der Waals surface area (Å²) in [4.78, 5) is 6.66. The van der Waals surface area contributed by atoms with Crippen molar-refractivity contribution in [1.29, 1.82) is 0 Å². The molecule has 24 heavy (non-hydrogen) atoms. The van der Waals surface area contributed by atoms with Crippen LogP contribution in [0.2, 0.25) is 0 Å². The summed E-state index contributed by atoms with van der Waals surface area (Å²) in [5.41, 5.74) is 7.07. The highest BCUT2D eigenvalue weighted by molar-refractivity contribution is 5.77. The molecule has 0 bridgehead atoms. The van der Waals surface area contributed by atoms with E-state index in [1.807, 2.05) is 18.2 Å². The van der Waals surface area contributed by atoms with Crippen LogP contribution in [0, 0.1) is 0 Å². The number of rotatable bonds is 10. The molecule has 136 valence electrons. The van der Waals surface area contributed by atoms with Crippen LogP contribution in [0.1, 0.15) is 25.8 Å². The maximum absolute atomic E-state index is 5.91. The summed E-state index contributed by atoms with van der Waals surface area (Å²) >= 11 is 0. The second-order valence-electron chi connectivity index (χ2n) is 5.87. The number of aliphatic imine (C=N–C) groups is 1. The second kappa shape index (κ2) is 10.8. The van der Waals surface area contributed by atoms with Gasteiger partial charge in [-0.05, 0) is 44.5 Å². The van der Waals surface area contributed by atoms with Crippen LogP contribution in [-0.4, -0.2) is 57.8 Å². The van der Waals surface area contributed by atoms with Crippen LogP contribution in [0.15, 0.2) is 23.2 Å². The molecule has 0 aliphatic carbocycles. The Kier molecular flexibility index (Phi) is 9.01. The zero-order valence-corrected chi connectivity index (χ0v) is 15.6. The number of hydrogen-bond acceptors (Lipinski definition) is 4. The van der Waals surface area contributed by atoms with Gasteiger partial charge in [-0.1, -0.05) is 13.0 Å². The van der Waals surface area contributed by atoms with Gasteiger partial charge < -0.3 is 25.4 Å². The molecule has 0 aliphatic rings. The second-order valence-corrected chi connectivity index (χ2v) is 5.87. The van der Waals surface area contributed by atoms with Crippen LogP contribution < -0.4 is 20.5 Å². The Labute approximate surface area is 146 Å². The highest BCUT2D eigenvalue weighted by Crippen LogP contribution is 2.27. The number of nitrogens with one attached hydrogen (secondary N) is 1. The van der Waals surface area contributed by atoms with Crippen molar-refractivity contribution in [3.63, 3.8) is 0 Å². The van der Waals surface area contributed by atoms with E-state index in [1.165, 1.54) is 0 Å². The number of methoxy groups -OCH3 is 2. The van der Waals surface area contributed by atoms with Crippen molar-refractivity contribution >= 4 is 5.96 Å². The van der Waals surface area contributed by atoms with Gasteiger partial charge in [-0.15, -0.1) is 0 Å². The van der Waals surface area contributed by atoms with E-state index >= 15 is 0 Å². The molecule has 0 saturated heterocycles. The van der Waals surface area contributed by atoms with E-state index < -0.39 is 0 Å². The van der Waals surface area contributed by atoms with Crippen molar-refractivity contribution in [1.82, 2.24) is 10.2 Å². The molecule has 0 fully saturated rings. The first-order valence-corrected chi connectivity index (χ1v) is 8.46. The largest absolute Gasteiger partial charge is 0.493 e. The third-order valence-corrected chi connectivity index (χ3v) is 4.25. The van der Waals surface area contributed by atoms with E-state index in [0.717, 1.165) is 43.0 Å². The minimum Gasteiger partial charge on any atom is -0.493 e. The van der Waals surface area contributed by atoms with Gasteiger partial charge in [0, 0.05) is 19.1 Å². The summed E-state index contributed by atoms with van der Waals surface area (Å²) in [5.74, 6) is 1.97. The van der Waals surface area contributed by atoms with Crippen molar-refractivity contribution in [2.45, 2.75) is 32.7 Å². The molecule has 1 aromatic carbocycles. The molecule has 1 atom stereocenters. The Morgan fingerprint density at radius 1 is 1.29 bits per heavy atom. The Morgan fingerprint density at radius 3 is 2.62 bits per heavy atom. The fourth-order valence-corrected chi connectivity index (χ4v) is 2.29.